The number of nitrogens with zero attached hydrogens (tertiary/aromatic N) is 4. The zero-order valence-corrected chi connectivity index (χ0v) is 17.1. The zero-order valence-electron chi connectivity index (χ0n) is 17.1. The molecule has 1 N–H and O–H groups in total. The van der Waals surface area contributed by atoms with Crippen LogP contribution >= 0.6 is 0 Å². The average molecular weight is 390 g/mol. The number of likely N-dealkylation sites (tertiary alicyclic amines) is 1. The monoisotopic (exact) mass is 389 g/mol. The van der Waals surface area contributed by atoms with E-state index >= 15 is 0 Å². The molecule has 6 nitrogen and oxygen atoms in total. The molecule has 1 aliphatic rings. The minimum absolute atomic E-state index is 0.0519. The molecule has 0 unspecified atom stereocenters. The van der Waals surface area contributed by atoms with Crippen LogP contribution in [-0.4, -0.2) is 44.1 Å². The van der Waals surface area contributed by atoms with Crippen LogP contribution in [0.25, 0.3) is 11.1 Å². The van der Waals surface area contributed by atoms with E-state index in [9.17, 15) is 4.79 Å². The van der Waals surface area contributed by atoms with Crippen molar-refractivity contribution in [2.24, 2.45) is 0 Å². The summed E-state index contributed by atoms with van der Waals surface area (Å²) in [5, 5.41) is 7.54. The minimum atomic E-state index is 0.0519. The van der Waals surface area contributed by atoms with Crippen molar-refractivity contribution >= 4 is 5.91 Å². The Labute approximate surface area is 171 Å². The number of carbonyl (C=O) groups excluding carboxylic acids is 1. The molecule has 0 atom stereocenters. The third kappa shape index (κ3) is 4.06. The number of benzene rings is 1. The summed E-state index contributed by atoms with van der Waals surface area (Å²) in [4.78, 5) is 23.4. The molecule has 1 fully saturated rings. The summed E-state index contributed by atoms with van der Waals surface area (Å²) in [5.74, 6) is 0.426. The Balaban J connectivity index is 1.47. The van der Waals surface area contributed by atoms with E-state index in [0.29, 0.717) is 11.5 Å². The van der Waals surface area contributed by atoms with Crippen LogP contribution in [0.4, 0.5) is 0 Å². The lowest BCUT2D eigenvalue weighted by molar-refractivity contribution is 0.0710. The molecule has 0 saturated carbocycles. The molecule has 1 saturated heterocycles. The number of nitrogens with one attached hydrogen (secondary N) is 1. The van der Waals surface area contributed by atoms with Gasteiger partial charge in [-0.2, -0.15) is 5.10 Å². The molecule has 0 radical (unpaired) electrons. The van der Waals surface area contributed by atoms with Crippen LogP contribution in [0.3, 0.4) is 0 Å². The molecule has 3 heterocycles. The quantitative estimate of drug-likeness (QED) is 0.711. The van der Waals surface area contributed by atoms with Gasteiger partial charge < -0.3 is 4.90 Å². The van der Waals surface area contributed by atoms with Crippen LogP contribution in [0.15, 0.2) is 43.0 Å². The van der Waals surface area contributed by atoms with E-state index in [1.807, 2.05) is 11.1 Å². The molecule has 29 heavy (non-hydrogen) atoms. The number of aromatic nitrogens is 4. The molecule has 150 valence electrons. The van der Waals surface area contributed by atoms with E-state index in [1.165, 1.54) is 28.7 Å². The Morgan fingerprint density at radius 2 is 2.07 bits per heavy atom. The molecule has 4 rings (SSSR count). The predicted molar refractivity (Wildman–Crippen MR) is 113 cm³/mol. The van der Waals surface area contributed by atoms with Crippen molar-refractivity contribution in [2.45, 2.75) is 45.4 Å². The topological polar surface area (TPSA) is 74.8 Å². The molecule has 0 spiro atoms. The molecule has 0 aliphatic carbocycles. The van der Waals surface area contributed by atoms with E-state index in [1.54, 1.807) is 6.20 Å². The van der Waals surface area contributed by atoms with Gasteiger partial charge in [-0.05, 0) is 31.7 Å². The Bertz CT molecular complexity index is 988. The van der Waals surface area contributed by atoms with E-state index < -0.39 is 0 Å². The van der Waals surface area contributed by atoms with Gasteiger partial charge in [0.05, 0.1) is 17.5 Å². The van der Waals surface area contributed by atoms with Gasteiger partial charge in [-0.1, -0.05) is 43.2 Å². The highest BCUT2D eigenvalue weighted by Crippen LogP contribution is 2.34. The maximum Gasteiger partial charge on any atom is 0.257 e. The molecule has 0 bridgehead atoms. The lowest BCUT2D eigenvalue weighted by atomic mass is 9.89. The Hall–Kier alpha value is -3.02. The largest absolute Gasteiger partial charge is 0.338 e. The number of amides is 1. The van der Waals surface area contributed by atoms with Gasteiger partial charge in [0.15, 0.2) is 0 Å². The summed E-state index contributed by atoms with van der Waals surface area (Å²) in [6.07, 6.45) is 8.71. The van der Waals surface area contributed by atoms with Crippen LogP contribution in [0.2, 0.25) is 0 Å². The van der Waals surface area contributed by atoms with Crippen LogP contribution in [0.1, 0.15) is 59.4 Å². The number of aromatic amines is 1. The SMILES string of the molecule is CCCc1ncncc1C(=O)N1CCC(c2[nH]ncc2-c2cccc(C)c2)CC1. The summed E-state index contributed by atoms with van der Waals surface area (Å²) in [6.45, 7) is 5.66. The van der Waals surface area contributed by atoms with Gasteiger partial charge in [-0.3, -0.25) is 9.89 Å². The first-order chi connectivity index (χ1) is 14.2. The van der Waals surface area contributed by atoms with E-state index in [2.05, 4.69) is 58.3 Å². The third-order valence-corrected chi connectivity index (χ3v) is 5.70. The van der Waals surface area contributed by atoms with Crippen molar-refractivity contribution in [3.8, 4) is 11.1 Å². The lowest BCUT2D eigenvalue weighted by Gasteiger charge is -2.32. The highest BCUT2D eigenvalue weighted by atomic mass is 16.2. The fraction of sp³-hybridized carbons (Fsp3) is 0.391. The van der Waals surface area contributed by atoms with E-state index in [0.717, 1.165) is 44.5 Å². The van der Waals surface area contributed by atoms with Crippen molar-refractivity contribution in [3.63, 3.8) is 0 Å². The van der Waals surface area contributed by atoms with Crippen LogP contribution in [0.5, 0.6) is 0 Å². The van der Waals surface area contributed by atoms with Crippen LogP contribution in [0, 0.1) is 6.92 Å². The van der Waals surface area contributed by atoms with Gasteiger partial charge in [0.1, 0.15) is 6.33 Å². The van der Waals surface area contributed by atoms with Crippen molar-refractivity contribution in [3.05, 3.63) is 65.5 Å². The molecule has 2 aromatic heterocycles. The second kappa shape index (κ2) is 8.55. The maximum atomic E-state index is 13.0. The highest BCUT2D eigenvalue weighted by molar-refractivity contribution is 5.95. The first kappa shape index (κ1) is 19.3. The summed E-state index contributed by atoms with van der Waals surface area (Å²) in [5.41, 5.74) is 6.28. The van der Waals surface area contributed by atoms with Crippen molar-refractivity contribution in [2.75, 3.05) is 13.1 Å². The molecule has 1 amide bonds. The smallest absolute Gasteiger partial charge is 0.257 e. The van der Waals surface area contributed by atoms with E-state index in [4.69, 9.17) is 0 Å². The number of hydrogen-bond donors (Lipinski definition) is 1. The number of hydrogen-bond acceptors (Lipinski definition) is 4. The van der Waals surface area contributed by atoms with Crippen molar-refractivity contribution in [1.29, 1.82) is 0 Å². The fourth-order valence-corrected chi connectivity index (χ4v) is 4.16. The van der Waals surface area contributed by atoms with Gasteiger partial charge in [0, 0.05) is 36.5 Å². The summed E-state index contributed by atoms with van der Waals surface area (Å²) in [6, 6.07) is 8.51. The predicted octanol–water partition coefficient (Wildman–Crippen LogP) is 4.15. The molecular weight excluding hydrogens is 362 g/mol. The second-order valence-corrected chi connectivity index (χ2v) is 7.77. The van der Waals surface area contributed by atoms with Crippen molar-refractivity contribution in [1.82, 2.24) is 25.1 Å². The van der Waals surface area contributed by atoms with Crippen LogP contribution in [-0.2, 0) is 6.42 Å². The molecular formula is C23H27N5O. The fourth-order valence-electron chi connectivity index (χ4n) is 4.16. The normalized spacial score (nSPS) is 14.9. The van der Waals surface area contributed by atoms with Gasteiger partial charge in [0.2, 0.25) is 0 Å². The first-order valence-corrected chi connectivity index (χ1v) is 10.4. The zero-order chi connectivity index (χ0) is 20.2. The van der Waals surface area contributed by atoms with Gasteiger partial charge in [0.25, 0.3) is 5.91 Å². The molecule has 1 aliphatic heterocycles. The average Bonchev–Trinajstić information content (AvgIpc) is 3.24. The lowest BCUT2D eigenvalue weighted by Crippen LogP contribution is -2.38. The molecule has 6 heteroatoms. The Kier molecular flexibility index (Phi) is 5.69. The Morgan fingerprint density at radius 3 is 2.83 bits per heavy atom. The number of aryl methyl sites for hydroxylation is 2. The summed E-state index contributed by atoms with van der Waals surface area (Å²) < 4.78 is 0. The standard InChI is InChI=1S/C23H27N5O/c1-3-5-21-20(13-24-15-25-21)23(29)28-10-8-17(9-11-28)22-19(14-26-27-22)18-7-4-6-16(2)12-18/h4,6-7,12-15,17H,3,5,8-11H2,1-2H3,(H,26,27). The second-order valence-electron chi connectivity index (χ2n) is 7.77. The molecule has 3 aromatic rings. The van der Waals surface area contributed by atoms with Crippen LogP contribution < -0.4 is 0 Å². The number of carbonyl (C=O) groups is 1. The summed E-state index contributed by atoms with van der Waals surface area (Å²) in [7, 11) is 0. The molecule has 1 aromatic carbocycles. The first-order valence-electron chi connectivity index (χ1n) is 10.4. The Morgan fingerprint density at radius 1 is 1.24 bits per heavy atom. The number of piperidine rings is 1. The maximum absolute atomic E-state index is 13.0. The number of H-pyrrole nitrogens is 1. The third-order valence-electron chi connectivity index (χ3n) is 5.70. The summed E-state index contributed by atoms with van der Waals surface area (Å²) >= 11 is 0. The van der Waals surface area contributed by atoms with Crippen molar-refractivity contribution < 1.29 is 4.79 Å². The highest BCUT2D eigenvalue weighted by Gasteiger charge is 2.28. The van der Waals surface area contributed by atoms with Gasteiger partial charge >= 0.3 is 0 Å². The van der Waals surface area contributed by atoms with Gasteiger partial charge in [-0.15, -0.1) is 0 Å². The minimum Gasteiger partial charge on any atom is -0.338 e. The van der Waals surface area contributed by atoms with Gasteiger partial charge in [-0.25, -0.2) is 9.97 Å². The van der Waals surface area contributed by atoms with E-state index in [-0.39, 0.29) is 5.91 Å². The number of rotatable bonds is 5.